The van der Waals surface area contributed by atoms with E-state index in [9.17, 15) is 29.8 Å². The quantitative estimate of drug-likeness (QED) is 0.245. The van der Waals surface area contributed by atoms with Crippen LogP contribution in [0.1, 0.15) is 20.7 Å². The Balaban J connectivity index is 1.94. The monoisotopic (exact) mass is 387 g/mol. The number of carbonyl (C=O) groups is 2. The number of hydrazone groups is 1. The number of hydrogen-bond donors (Lipinski definition) is 4. The van der Waals surface area contributed by atoms with Crippen molar-refractivity contribution in [2.75, 3.05) is 0 Å². The third-order valence-corrected chi connectivity index (χ3v) is 3.22. The lowest BCUT2D eigenvalue weighted by Crippen LogP contribution is -2.46. The molecule has 0 aliphatic carbocycles. The van der Waals surface area contributed by atoms with Crippen molar-refractivity contribution < 1.29 is 19.4 Å². The molecule has 2 amide bonds. The highest BCUT2D eigenvalue weighted by atomic mass is 16.6. The normalized spacial score (nSPS) is 10.6. The molecule has 0 aromatic heterocycles. The molecule has 0 aliphatic rings. The molecule has 2 aromatic carbocycles. The number of benzene rings is 2. The first-order valence-corrected chi connectivity index (χ1v) is 7.46. The van der Waals surface area contributed by atoms with E-state index in [1.54, 1.807) is 0 Å². The summed E-state index contributed by atoms with van der Waals surface area (Å²) in [7, 11) is 0. The van der Waals surface area contributed by atoms with Crippen molar-refractivity contribution in [1.29, 1.82) is 0 Å². The number of rotatable bonds is 5. The van der Waals surface area contributed by atoms with Gasteiger partial charge in [-0.2, -0.15) is 0 Å². The van der Waals surface area contributed by atoms with Gasteiger partial charge in [-0.25, -0.2) is 5.43 Å². The van der Waals surface area contributed by atoms with Crippen molar-refractivity contribution in [3.8, 4) is 0 Å². The number of hydrogen-bond acceptors (Lipinski definition) is 7. The second-order valence-electron chi connectivity index (χ2n) is 5.13. The minimum absolute atomic E-state index is 0.00451. The summed E-state index contributed by atoms with van der Waals surface area (Å²) in [6.45, 7) is 0. The van der Waals surface area contributed by atoms with E-state index in [1.807, 2.05) is 0 Å². The first-order chi connectivity index (χ1) is 13.3. The predicted octanol–water partition coefficient (Wildman–Crippen LogP) is 0.397. The number of nitrogens with one attached hydrogen (secondary N) is 3. The Morgan fingerprint density at radius 2 is 1.36 bits per heavy atom. The summed E-state index contributed by atoms with van der Waals surface area (Å²) in [6, 6.07) is 9.92. The van der Waals surface area contributed by atoms with Gasteiger partial charge in [0, 0.05) is 35.4 Å². The lowest BCUT2D eigenvalue weighted by Gasteiger charge is -2.08. The highest BCUT2D eigenvalue weighted by Gasteiger charge is 2.12. The summed E-state index contributed by atoms with van der Waals surface area (Å²) >= 11 is 0. The Labute approximate surface area is 156 Å². The van der Waals surface area contributed by atoms with Crippen LogP contribution in [0.15, 0.2) is 53.6 Å². The number of nitro groups is 2. The van der Waals surface area contributed by atoms with Crippen LogP contribution in [0.3, 0.4) is 0 Å². The van der Waals surface area contributed by atoms with Gasteiger partial charge in [0.25, 0.3) is 23.2 Å². The maximum atomic E-state index is 11.9. The first-order valence-electron chi connectivity index (χ1n) is 7.46. The third kappa shape index (κ3) is 5.22. The van der Waals surface area contributed by atoms with Gasteiger partial charge in [-0.15, -0.1) is 5.10 Å². The summed E-state index contributed by atoms with van der Waals surface area (Å²) in [5, 5.41) is 24.9. The molecule has 28 heavy (non-hydrogen) atoms. The molecule has 0 saturated heterocycles. The Morgan fingerprint density at radius 3 is 1.86 bits per heavy atom. The number of amides is 2. The molecule has 0 aliphatic heterocycles. The number of non-ortho nitro benzene ring substituents is 2. The van der Waals surface area contributed by atoms with Crippen molar-refractivity contribution in [3.05, 3.63) is 79.9 Å². The molecule has 13 nitrogen and oxygen atoms in total. The second-order valence-corrected chi connectivity index (χ2v) is 5.13. The van der Waals surface area contributed by atoms with Gasteiger partial charge < -0.3 is 5.73 Å². The Bertz CT molecular complexity index is 975. The number of nitrogens with zero attached hydrogens (tertiary/aromatic N) is 3. The molecule has 0 atom stereocenters. The smallest absolute Gasteiger partial charge is 0.271 e. The number of hydrazine groups is 1. The van der Waals surface area contributed by atoms with Crippen molar-refractivity contribution in [2.24, 2.45) is 10.8 Å². The highest BCUT2D eigenvalue weighted by molar-refractivity contribution is 5.97. The fourth-order valence-corrected chi connectivity index (χ4v) is 1.92. The molecule has 144 valence electrons. The molecule has 2 aromatic rings. The lowest BCUT2D eigenvalue weighted by atomic mass is 10.2. The number of guanidine groups is 1. The minimum Gasteiger partial charge on any atom is -0.367 e. The molecule has 0 spiro atoms. The second kappa shape index (κ2) is 8.70. The predicted molar refractivity (Wildman–Crippen MR) is 95.9 cm³/mol. The fourth-order valence-electron chi connectivity index (χ4n) is 1.92. The van der Waals surface area contributed by atoms with Gasteiger partial charge in [0.15, 0.2) is 0 Å². The average molecular weight is 387 g/mol. The van der Waals surface area contributed by atoms with Crippen molar-refractivity contribution >= 4 is 29.1 Å². The zero-order chi connectivity index (χ0) is 20.7. The van der Waals surface area contributed by atoms with E-state index >= 15 is 0 Å². The molecule has 2 rings (SSSR count). The van der Waals surface area contributed by atoms with E-state index in [0.29, 0.717) is 0 Å². The average Bonchev–Trinajstić information content (AvgIpc) is 2.70. The molecule has 0 bridgehead atoms. The van der Waals surface area contributed by atoms with Crippen LogP contribution in [0.4, 0.5) is 11.4 Å². The molecule has 13 heteroatoms. The number of carbonyl (C=O) groups excluding carboxylic acids is 2. The Kier molecular flexibility index (Phi) is 6.15. The molecule has 0 radical (unpaired) electrons. The zero-order valence-corrected chi connectivity index (χ0v) is 14.0. The largest absolute Gasteiger partial charge is 0.367 e. The van der Waals surface area contributed by atoms with Crippen LogP contribution < -0.4 is 22.0 Å². The van der Waals surface area contributed by atoms with Crippen LogP contribution in [0.2, 0.25) is 0 Å². The number of nitro benzene ring substituents is 2. The summed E-state index contributed by atoms with van der Waals surface area (Å²) < 4.78 is 0. The molecule has 0 heterocycles. The molecule has 0 saturated carbocycles. The molecule has 0 fully saturated rings. The SMILES string of the molecule is NC(=NNC(=O)c1cccc([N+](=O)[O-])c1)NNC(=O)c1cccc([N+](=O)[O-])c1. The lowest BCUT2D eigenvalue weighted by molar-refractivity contribution is -0.385. The van der Waals surface area contributed by atoms with Crippen molar-refractivity contribution in [1.82, 2.24) is 16.3 Å². The summed E-state index contributed by atoms with van der Waals surface area (Å²) in [6.07, 6.45) is 0. The van der Waals surface area contributed by atoms with E-state index in [0.717, 1.165) is 12.1 Å². The van der Waals surface area contributed by atoms with E-state index in [1.165, 1.54) is 36.4 Å². The van der Waals surface area contributed by atoms with Gasteiger partial charge in [-0.05, 0) is 12.1 Å². The van der Waals surface area contributed by atoms with Gasteiger partial charge in [0.05, 0.1) is 9.85 Å². The molecular formula is C15H13N7O6. The summed E-state index contributed by atoms with van der Waals surface area (Å²) in [5.74, 6) is -1.90. The van der Waals surface area contributed by atoms with Gasteiger partial charge in [-0.1, -0.05) is 12.1 Å². The van der Waals surface area contributed by atoms with E-state index in [2.05, 4.69) is 21.4 Å². The van der Waals surface area contributed by atoms with Crippen LogP contribution in [0.5, 0.6) is 0 Å². The van der Waals surface area contributed by atoms with Crippen molar-refractivity contribution in [3.63, 3.8) is 0 Å². The third-order valence-electron chi connectivity index (χ3n) is 3.22. The maximum Gasteiger partial charge on any atom is 0.271 e. The van der Waals surface area contributed by atoms with Gasteiger partial charge in [0.1, 0.15) is 0 Å². The summed E-state index contributed by atoms with van der Waals surface area (Å²) in [4.78, 5) is 43.9. The van der Waals surface area contributed by atoms with Gasteiger partial charge in [-0.3, -0.25) is 40.7 Å². The summed E-state index contributed by atoms with van der Waals surface area (Å²) in [5.41, 5.74) is 11.3. The highest BCUT2D eigenvalue weighted by Crippen LogP contribution is 2.13. The van der Waals surface area contributed by atoms with E-state index < -0.39 is 27.6 Å². The van der Waals surface area contributed by atoms with Crippen LogP contribution in [0.25, 0.3) is 0 Å². The topological polar surface area (TPSA) is 195 Å². The Hall–Kier alpha value is -4.55. The standard InChI is InChI=1S/C15H13N7O6/c16-15(19-17-13(23)9-3-1-5-11(7-9)21(25)26)20-18-14(24)10-4-2-6-12(8-10)22(27)28/h1-8H,(H,17,23)(H,18,24)(H3,16,19,20). The van der Waals surface area contributed by atoms with Crippen LogP contribution in [-0.2, 0) is 0 Å². The van der Waals surface area contributed by atoms with Crippen LogP contribution in [0, 0.1) is 20.2 Å². The van der Waals surface area contributed by atoms with Gasteiger partial charge >= 0.3 is 0 Å². The maximum absolute atomic E-state index is 11.9. The van der Waals surface area contributed by atoms with Crippen molar-refractivity contribution in [2.45, 2.75) is 0 Å². The van der Waals surface area contributed by atoms with Crippen LogP contribution >= 0.6 is 0 Å². The van der Waals surface area contributed by atoms with E-state index in [4.69, 9.17) is 5.73 Å². The minimum atomic E-state index is -0.765. The van der Waals surface area contributed by atoms with Gasteiger partial charge in [0.2, 0.25) is 5.96 Å². The molecule has 5 N–H and O–H groups in total. The number of nitrogens with two attached hydrogens (primary N) is 1. The molecule has 0 unspecified atom stereocenters. The molecular weight excluding hydrogens is 374 g/mol. The van der Waals surface area contributed by atoms with Crippen LogP contribution in [-0.4, -0.2) is 27.6 Å². The fraction of sp³-hybridized carbons (Fsp3) is 0. The first kappa shape index (κ1) is 19.8. The zero-order valence-electron chi connectivity index (χ0n) is 14.0. The Morgan fingerprint density at radius 1 is 0.857 bits per heavy atom. The van der Waals surface area contributed by atoms with E-state index in [-0.39, 0.29) is 22.5 Å².